The van der Waals surface area contributed by atoms with Crippen LogP contribution in [0.3, 0.4) is 0 Å². The molecule has 0 unspecified atom stereocenters. The predicted octanol–water partition coefficient (Wildman–Crippen LogP) is 3.79. The molecule has 0 atom stereocenters. The van der Waals surface area contributed by atoms with Crippen LogP contribution in [0.1, 0.15) is 36.5 Å². The maximum atomic E-state index is 12.9. The molecule has 1 N–H and O–H groups in total. The average molecular weight is 372 g/mol. The topological polar surface area (TPSA) is 66.5 Å². The SMILES string of the molecule is CCc1cccc(C)c1NS(=O)(=O)c1ccc(N2CCCC2=O)c(C)c1. The van der Waals surface area contributed by atoms with Crippen LogP contribution in [0.2, 0.25) is 0 Å². The number of amides is 1. The second-order valence-electron chi connectivity index (χ2n) is 6.67. The average Bonchev–Trinajstić information content (AvgIpc) is 3.02. The van der Waals surface area contributed by atoms with Crippen molar-refractivity contribution in [1.82, 2.24) is 0 Å². The quantitative estimate of drug-likeness (QED) is 0.868. The van der Waals surface area contributed by atoms with Crippen LogP contribution in [0.25, 0.3) is 0 Å². The lowest BCUT2D eigenvalue weighted by Crippen LogP contribution is -2.24. The number of anilines is 2. The summed E-state index contributed by atoms with van der Waals surface area (Å²) in [7, 11) is -3.70. The van der Waals surface area contributed by atoms with Gasteiger partial charge in [-0.15, -0.1) is 0 Å². The van der Waals surface area contributed by atoms with Crippen LogP contribution >= 0.6 is 0 Å². The number of hydrogen-bond acceptors (Lipinski definition) is 3. The molecule has 26 heavy (non-hydrogen) atoms. The van der Waals surface area contributed by atoms with Gasteiger partial charge >= 0.3 is 0 Å². The summed E-state index contributed by atoms with van der Waals surface area (Å²) in [4.78, 5) is 13.9. The van der Waals surface area contributed by atoms with E-state index < -0.39 is 10.0 Å². The number of benzene rings is 2. The van der Waals surface area contributed by atoms with Crippen molar-refractivity contribution >= 4 is 27.3 Å². The Kier molecular flexibility index (Phi) is 5.05. The standard InChI is InChI=1S/C20H24N2O3S/c1-4-16-8-5-7-14(2)20(16)21-26(24,25)17-10-11-18(15(3)13-17)22-12-6-9-19(22)23/h5,7-8,10-11,13,21H,4,6,9,12H2,1-3H3. The Bertz CT molecular complexity index is 952. The molecule has 5 nitrogen and oxygen atoms in total. The summed E-state index contributed by atoms with van der Waals surface area (Å²) >= 11 is 0. The summed E-state index contributed by atoms with van der Waals surface area (Å²) in [5.41, 5.74) is 4.07. The van der Waals surface area contributed by atoms with Crippen molar-refractivity contribution in [1.29, 1.82) is 0 Å². The third-order valence-electron chi connectivity index (χ3n) is 4.82. The Balaban J connectivity index is 1.93. The largest absolute Gasteiger partial charge is 0.312 e. The van der Waals surface area contributed by atoms with Gasteiger partial charge in [-0.3, -0.25) is 9.52 Å². The molecule has 138 valence electrons. The first-order valence-corrected chi connectivity index (χ1v) is 10.3. The molecule has 0 bridgehead atoms. The highest BCUT2D eigenvalue weighted by atomic mass is 32.2. The van der Waals surface area contributed by atoms with Gasteiger partial charge in [0.1, 0.15) is 0 Å². The molecule has 3 rings (SSSR count). The van der Waals surface area contributed by atoms with Crippen LogP contribution in [0.15, 0.2) is 41.3 Å². The molecule has 0 aliphatic carbocycles. The van der Waals surface area contributed by atoms with Gasteiger partial charge in [-0.25, -0.2) is 8.42 Å². The van der Waals surface area contributed by atoms with Crippen LogP contribution in [-0.4, -0.2) is 20.9 Å². The Labute approximate surface area is 155 Å². The van der Waals surface area contributed by atoms with Crippen LogP contribution in [-0.2, 0) is 21.2 Å². The first kappa shape index (κ1) is 18.5. The molecule has 0 saturated carbocycles. The number of nitrogens with zero attached hydrogens (tertiary/aromatic N) is 1. The lowest BCUT2D eigenvalue weighted by atomic mass is 10.1. The maximum absolute atomic E-state index is 12.9. The summed E-state index contributed by atoms with van der Waals surface area (Å²) in [5.74, 6) is 0.0920. The first-order chi connectivity index (χ1) is 12.3. The highest BCUT2D eigenvalue weighted by Crippen LogP contribution is 2.29. The maximum Gasteiger partial charge on any atom is 0.261 e. The van der Waals surface area contributed by atoms with Crippen LogP contribution in [0, 0.1) is 13.8 Å². The minimum Gasteiger partial charge on any atom is -0.312 e. The fourth-order valence-corrected chi connectivity index (χ4v) is 4.62. The summed E-state index contributed by atoms with van der Waals surface area (Å²) in [5, 5.41) is 0. The smallest absolute Gasteiger partial charge is 0.261 e. The van der Waals surface area contributed by atoms with E-state index in [0.717, 1.165) is 35.2 Å². The van der Waals surface area contributed by atoms with Crippen LogP contribution in [0.4, 0.5) is 11.4 Å². The Morgan fingerprint density at radius 2 is 1.88 bits per heavy atom. The van der Waals surface area contributed by atoms with Gasteiger partial charge in [-0.2, -0.15) is 0 Å². The fraction of sp³-hybridized carbons (Fsp3) is 0.350. The van der Waals surface area contributed by atoms with E-state index >= 15 is 0 Å². The molecule has 1 amide bonds. The second-order valence-corrected chi connectivity index (χ2v) is 8.35. The van der Waals surface area contributed by atoms with Gasteiger partial charge in [0.05, 0.1) is 10.6 Å². The van der Waals surface area contributed by atoms with Crippen molar-refractivity contribution in [2.45, 2.75) is 44.9 Å². The lowest BCUT2D eigenvalue weighted by molar-refractivity contribution is -0.117. The van der Waals surface area contributed by atoms with Crippen molar-refractivity contribution in [2.75, 3.05) is 16.2 Å². The molecule has 6 heteroatoms. The normalized spacial score (nSPS) is 14.7. The van der Waals surface area contributed by atoms with Crippen LogP contribution in [0.5, 0.6) is 0 Å². The molecule has 1 fully saturated rings. The van der Waals surface area contributed by atoms with Gasteiger partial charge in [0.15, 0.2) is 0 Å². The molecular weight excluding hydrogens is 348 g/mol. The number of hydrogen-bond donors (Lipinski definition) is 1. The number of para-hydroxylation sites is 1. The molecule has 1 saturated heterocycles. The molecule has 0 radical (unpaired) electrons. The van der Waals surface area contributed by atoms with Crippen molar-refractivity contribution in [3.8, 4) is 0 Å². The molecule has 1 aliphatic heterocycles. The van der Waals surface area contributed by atoms with Gasteiger partial charge in [0, 0.05) is 18.7 Å². The summed E-state index contributed by atoms with van der Waals surface area (Å²) in [6.45, 7) is 6.42. The molecule has 2 aromatic rings. The molecular formula is C20H24N2O3S. The summed E-state index contributed by atoms with van der Waals surface area (Å²) in [6.07, 6.45) is 2.13. The van der Waals surface area contributed by atoms with Crippen LogP contribution < -0.4 is 9.62 Å². The highest BCUT2D eigenvalue weighted by molar-refractivity contribution is 7.92. The minimum atomic E-state index is -3.70. The van der Waals surface area contributed by atoms with E-state index in [-0.39, 0.29) is 10.8 Å². The zero-order valence-corrected chi connectivity index (χ0v) is 16.2. The second kappa shape index (κ2) is 7.11. The predicted molar refractivity (Wildman–Crippen MR) is 104 cm³/mol. The molecule has 2 aromatic carbocycles. The number of carbonyl (C=O) groups excluding carboxylic acids is 1. The Morgan fingerprint density at radius 1 is 1.12 bits per heavy atom. The summed E-state index contributed by atoms with van der Waals surface area (Å²) in [6, 6.07) is 10.7. The third-order valence-corrected chi connectivity index (χ3v) is 6.17. The van der Waals surface area contributed by atoms with Gasteiger partial charge in [-0.05, 0) is 61.6 Å². The zero-order chi connectivity index (χ0) is 18.9. The fourth-order valence-electron chi connectivity index (χ4n) is 3.36. The van der Waals surface area contributed by atoms with E-state index in [0.29, 0.717) is 18.7 Å². The van der Waals surface area contributed by atoms with Crippen molar-refractivity contribution in [3.05, 3.63) is 53.1 Å². The van der Waals surface area contributed by atoms with Gasteiger partial charge in [0.25, 0.3) is 10.0 Å². The molecule has 1 aliphatic rings. The summed E-state index contributed by atoms with van der Waals surface area (Å²) < 4.78 is 28.5. The number of aryl methyl sites for hydroxylation is 3. The number of carbonyl (C=O) groups is 1. The Morgan fingerprint density at radius 3 is 2.50 bits per heavy atom. The van der Waals surface area contributed by atoms with E-state index in [4.69, 9.17) is 0 Å². The Hall–Kier alpha value is -2.34. The number of rotatable bonds is 5. The number of sulfonamides is 1. The van der Waals surface area contributed by atoms with E-state index in [2.05, 4.69) is 4.72 Å². The molecule has 0 spiro atoms. The zero-order valence-electron chi connectivity index (χ0n) is 15.4. The van der Waals surface area contributed by atoms with E-state index in [1.807, 2.05) is 39.0 Å². The first-order valence-electron chi connectivity index (χ1n) is 8.86. The van der Waals surface area contributed by atoms with Crippen molar-refractivity contribution < 1.29 is 13.2 Å². The van der Waals surface area contributed by atoms with E-state index in [9.17, 15) is 13.2 Å². The lowest BCUT2D eigenvalue weighted by Gasteiger charge is -2.19. The third kappa shape index (κ3) is 3.46. The minimum absolute atomic E-state index is 0.0920. The van der Waals surface area contributed by atoms with Crippen molar-refractivity contribution in [3.63, 3.8) is 0 Å². The highest BCUT2D eigenvalue weighted by Gasteiger charge is 2.24. The van der Waals surface area contributed by atoms with Crippen molar-refractivity contribution in [2.24, 2.45) is 0 Å². The molecule has 1 heterocycles. The van der Waals surface area contributed by atoms with E-state index in [1.54, 1.807) is 23.1 Å². The monoisotopic (exact) mass is 372 g/mol. The van der Waals surface area contributed by atoms with Gasteiger partial charge in [0.2, 0.25) is 5.91 Å². The molecule has 0 aromatic heterocycles. The van der Waals surface area contributed by atoms with Gasteiger partial charge < -0.3 is 4.90 Å². The van der Waals surface area contributed by atoms with E-state index in [1.165, 1.54) is 0 Å². The van der Waals surface area contributed by atoms with Gasteiger partial charge in [-0.1, -0.05) is 25.1 Å². The number of nitrogens with one attached hydrogen (secondary N) is 1.